The van der Waals surface area contributed by atoms with Crippen molar-refractivity contribution in [2.75, 3.05) is 7.05 Å². The van der Waals surface area contributed by atoms with E-state index in [0.29, 0.717) is 29.6 Å². The zero-order valence-electron chi connectivity index (χ0n) is 12.3. The van der Waals surface area contributed by atoms with Crippen molar-refractivity contribution in [2.24, 2.45) is 35.5 Å². The summed E-state index contributed by atoms with van der Waals surface area (Å²) >= 11 is 0. The lowest BCUT2D eigenvalue weighted by molar-refractivity contribution is -0.133. The molecule has 1 aliphatic carbocycles. The molecule has 0 bridgehead atoms. The van der Waals surface area contributed by atoms with Gasteiger partial charge < -0.3 is 5.32 Å². The highest BCUT2D eigenvalue weighted by atomic mass is 16.1. The predicted octanol–water partition coefficient (Wildman–Crippen LogP) is 3.32. The highest BCUT2D eigenvalue weighted by molar-refractivity contribution is 5.79. The molecule has 0 heterocycles. The minimum Gasteiger partial charge on any atom is -0.359 e. The molecule has 1 aliphatic rings. The van der Waals surface area contributed by atoms with Crippen LogP contribution in [0, 0.1) is 35.5 Å². The summed E-state index contributed by atoms with van der Waals surface area (Å²) in [5, 5.41) is 2.89. The van der Waals surface area contributed by atoms with E-state index in [1.165, 1.54) is 12.8 Å². The first-order valence-corrected chi connectivity index (χ1v) is 7.11. The Morgan fingerprint density at radius 2 is 1.71 bits per heavy atom. The van der Waals surface area contributed by atoms with Crippen molar-refractivity contribution in [3.05, 3.63) is 0 Å². The normalized spacial score (nSPS) is 34.1. The lowest BCUT2D eigenvalue weighted by Crippen LogP contribution is -2.46. The third-order valence-corrected chi connectivity index (χ3v) is 4.66. The molecule has 1 fully saturated rings. The van der Waals surface area contributed by atoms with Crippen LogP contribution in [0.5, 0.6) is 0 Å². The quantitative estimate of drug-likeness (QED) is 0.804. The maximum Gasteiger partial charge on any atom is 0.223 e. The summed E-state index contributed by atoms with van der Waals surface area (Å²) < 4.78 is 0. The van der Waals surface area contributed by atoms with Gasteiger partial charge in [-0.1, -0.05) is 41.0 Å². The maximum absolute atomic E-state index is 12.2. The van der Waals surface area contributed by atoms with E-state index < -0.39 is 0 Å². The Morgan fingerprint density at radius 3 is 2.12 bits per heavy atom. The predicted molar refractivity (Wildman–Crippen MR) is 72.6 cm³/mol. The number of carbonyl (C=O) groups is 1. The van der Waals surface area contributed by atoms with Gasteiger partial charge in [-0.2, -0.15) is 0 Å². The van der Waals surface area contributed by atoms with Gasteiger partial charge in [0.2, 0.25) is 5.91 Å². The molecule has 4 atom stereocenters. The van der Waals surface area contributed by atoms with Gasteiger partial charge in [-0.15, -0.1) is 0 Å². The van der Waals surface area contributed by atoms with Crippen LogP contribution >= 0.6 is 0 Å². The van der Waals surface area contributed by atoms with E-state index in [9.17, 15) is 4.79 Å². The molecule has 0 aliphatic heterocycles. The molecule has 0 aromatic heterocycles. The lowest BCUT2D eigenvalue weighted by atomic mass is 9.60. The number of amides is 1. The average Bonchev–Trinajstić information content (AvgIpc) is 2.26. The van der Waals surface area contributed by atoms with Crippen molar-refractivity contribution in [1.29, 1.82) is 0 Å². The molecule has 1 N–H and O–H groups in total. The van der Waals surface area contributed by atoms with Crippen LogP contribution in [0.4, 0.5) is 0 Å². The van der Waals surface area contributed by atoms with Crippen molar-refractivity contribution < 1.29 is 4.79 Å². The second kappa shape index (κ2) is 5.88. The van der Waals surface area contributed by atoms with Crippen LogP contribution in [0.25, 0.3) is 0 Å². The van der Waals surface area contributed by atoms with Gasteiger partial charge in [0, 0.05) is 13.0 Å². The van der Waals surface area contributed by atoms with Gasteiger partial charge in [-0.3, -0.25) is 4.79 Å². The van der Waals surface area contributed by atoms with Crippen molar-refractivity contribution >= 4 is 5.91 Å². The van der Waals surface area contributed by atoms with E-state index in [1.54, 1.807) is 7.05 Å². The minimum absolute atomic E-state index is 0.212. The van der Waals surface area contributed by atoms with Gasteiger partial charge in [-0.05, 0) is 36.0 Å². The molecule has 1 saturated carbocycles. The number of hydrogen-bond donors (Lipinski definition) is 1. The number of hydrogen-bond acceptors (Lipinski definition) is 1. The van der Waals surface area contributed by atoms with Crippen molar-refractivity contribution in [1.82, 2.24) is 5.32 Å². The Kier molecular flexibility index (Phi) is 5.03. The fraction of sp³-hybridized carbons (Fsp3) is 0.933. The molecule has 1 amide bonds. The van der Waals surface area contributed by atoms with Crippen LogP contribution in [-0.4, -0.2) is 13.0 Å². The van der Waals surface area contributed by atoms with E-state index in [-0.39, 0.29) is 11.8 Å². The third kappa shape index (κ3) is 3.02. The summed E-state index contributed by atoms with van der Waals surface area (Å²) in [6, 6.07) is 0. The number of nitrogens with one attached hydrogen (secondary N) is 1. The maximum atomic E-state index is 12.2. The Morgan fingerprint density at radius 1 is 1.12 bits per heavy atom. The minimum atomic E-state index is 0.212. The van der Waals surface area contributed by atoms with E-state index in [0.717, 1.165) is 0 Å². The molecule has 0 aromatic rings. The standard InChI is InChI=1S/C15H29NO/c1-9(2)12-8-7-11(5)13(10(3)4)14(12)15(17)16-6/h9-14H,7-8H2,1-6H3,(H,16,17). The first kappa shape index (κ1) is 14.5. The third-order valence-electron chi connectivity index (χ3n) is 4.66. The van der Waals surface area contributed by atoms with Gasteiger partial charge in [0.1, 0.15) is 0 Å². The molecular weight excluding hydrogens is 210 g/mol. The molecule has 0 radical (unpaired) electrons. The first-order chi connectivity index (χ1) is 7.90. The summed E-state index contributed by atoms with van der Waals surface area (Å²) in [6.45, 7) is 11.4. The Bertz CT molecular complexity index is 260. The van der Waals surface area contributed by atoms with Crippen LogP contribution < -0.4 is 5.32 Å². The summed E-state index contributed by atoms with van der Waals surface area (Å²) in [5.41, 5.74) is 0. The molecule has 4 unspecified atom stereocenters. The molecule has 17 heavy (non-hydrogen) atoms. The Labute approximate surface area is 107 Å². The summed E-state index contributed by atoms with van der Waals surface area (Å²) in [5.74, 6) is 3.43. The van der Waals surface area contributed by atoms with E-state index in [1.807, 2.05) is 0 Å². The van der Waals surface area contributed by atoms with Crippen LogP contribution in [0.2, 0.25) is 0 Å². The van der Waals surface area contributed by atoms with Gasteiger partial charge in [0.25, 0.3) is 0 Å². The molecule has 1 rings (SSSR count). The van der Waals surface area contributed by atoms with Gasteiger partial charge in [-0.25, -0.2) is 0 Å². The number of carbonyl (C=O) groups excluding carboxylic acids is 1. The summed E-state index contributed by atoms with van der Waals surface area (Å²) in [6.07, 6.45) is 2.49. The number of rotatable bonds is 3. The van der Waals surface area contributed by atoms with Crippen LogP contribution in [0.15, 0.2) is 0 Å². The first-order valence-electron chi connectivity index (χ1n) is 7.11. The zero-order chi connectivity index (χ0) is 13.2. The average molecular weight is 239 g/mol. The van der Waals surface area contributed by atoms with Crippen LogP contribution in [-0.2, 0) is 4.79 Å². The topological polar surface area (TPSA) is 29.1 Å². The largest absolute Gasteiger partial charge is 0.359 e. The Balaban J connectivity index is 3.00. The second-order valence-corrected chi connectivity index (χ2v) is 6.42. The highest BCUT2D eigenvalue weighted by Crippen LogP contribution is 2.45. The lowest BCUT2D eigenvalue weighted by Gasteiger charge is -2.44. The fourth-order valence-corrected chi connectivity index (χ4v) is 3.82. The summed E-state index contributed by atoms with van der Waals surface area (Å²) in [7, 11) is 1.77. The molecule has 0 aromatic carbocycles. The van der Waals surface area contributed by atoms with Crippen LogP contribution in [0.1, 0.15) is 47.5 Å². The molecular formula is C15H29NO. The van der Waals surface area contributed by atoms with E-state index in [4.69, 9.17) is 0 Å². The fourth-order valence-electron chi connectivity index (χ4n) is 3.82. The molecule has 0 saturated heterocycles. The van der Waals surface area contributed by atoms with E-state index >= 15 is 0 Å². The van der Waals surface area contributed by atoms with Crippen LogP contribution in [0.3, 0.4) is 0 Å². The van der Waals surface area contributed by atoms with Gasteiger partial charge in [0.15, 0.2) is 0 Å². The molecule has 2 nitrogen and oxygen atoms in total. The van der Waals surface area contributed by atoms with Crippen molar-refractivity contribution in [3.63, 3.8) is 0 Å². The summed E-state index contributed by atoms with van der Waals surface area (Å²) in [4.78, 5) is 12.2. The van der Waals surface area contributed by atoms with Crippen molar-refractivity contribution in [2.45, 2.75) is 47.5 Å². The highest BCUT2D eigenvalue weighted by Gasteiger charge is 2.43. The zero-order valence-corrected chi connectivity index (χ0v) is 12.3. The SMILES string of the molecule is CNC(=O)C1C(C(C)C)CCC(C)C1C(C)C. The molecule has 2 heteroatoms. The molecule has 0 spiro atoms. The van der Waals surface area contributed by atoms with Crippen molar-refractivity contribution in [3.8, 4) is 0 Å². The molecule has 100 valence electrons. The monoisotopic (exact) mass is 239 g/mol. The van der Waals surface area contributed by atoms with Gasteiger partial charge in [0.05, 0.1) is 0 Å². The smallest absolute Gasteiger partial charge is 0.223 e. The van der Waals surface area contributed by atoms with Gasteiger partial charge >= 0.3 is 0 Å². The second-order valence-electron chi connectivity index (χ2n) is 6.42. The van der Waals surface area contributed by atoms with E-state index in [2.05, 4.69) is 39.9 Å². The Hall–Kier alpha value is -0.530.